The van der Waals surface area contributed by atoms with Gasteiger partial charge in [-0.3, -0.25) is 4.90 Å². The maximum atomic E-state index is 3.66. The molecule has 1 N–H and O–H groups in total. The zero-order valence-electron chi connectivity index (χ0n) is 11.5. The second kappa shape index (κ2) is 8.08. The molecule has 96 valence electrons. The Kier molecular flexibility index (Phi) is 7.06. The highest BCUT2D eigenvalue weighted by Gasteiger charge is 2.23. The topological polar surface area (TPSA) is 15.3 Å². The fourth-order valence-electron chi connectivity index (χ4n) is 2.59. The maximum absolute atomic E-state index is 3.66. The van der Waals surface area contributed by atoms with Gasteiger partial charge >= 0.3 is 0 Å². The summed E-state index contributed by atoms with van der Waals surface area (Å²) in [6, 6.07) is 1.47. The lowest BCUT2D eigenvalue weighted by molar-refractivity contribution is 0.134. The van der Waals surface area contributed by atoms with E-state index in [9.17, 15) is 0 Å². The Labute approximate surface area is 102 Å². The first kappa shape index (κ1) is 14.0. The molecule has 1 rings (SSSR count). The van der Waals surface area contributed by atoms with Crippen molar-refractivity contribution in [2.45, 2.75) is 71.4 Å². The van der Waals surface area contributed by atoms with Crippen LogP contribution in [0.25, 0.3) is 0 Å². The lowest BCUT2D eigenvalue weighted by atomic mass is 10.1. The summed E-state index contributed by atoms with van der Waals surface area (Å²) in [7, 11) is 0. The number of hydrogen-bond donors (Lipinski definition) is 1. The predicted octanol–water partition coefficient (Wildman–Crippen LogP) is 3.03. The van der Waals surface area contributed by atoms with Gasteiger partial charge in [-0.1, -0.05) is 39.5 Å². The van der Waals surface area contributed by atoms with Crippen molar-refractivity contribution in [2.75, 3.05) is 19.6 Å². The fourth-order valence-corrected chi connectivity index (χ4v) is 2.59. The van der Waals surface area contributed by atoms with Crippen LogP contribution in [0.2, 0.25) is 0 Å². The molecule has 0 spiro atoms. The van der Waals surface area contributed by atoms with Gasteiger partial charge in [0.15, 0.2) is 0 Å². The molecule has 1 aliphatic rings. The summed E-state index contributed by atoms with van der Waals surface area (Å²) in [6.45, 7) is 10.7. The zero-order valence-corrected chi connectivity index (χ0v) is 11.5. The third kappa shape index (κ3) is 4.84. The number of unbranched alkanes of at least 4 members (excludes halogenated alkanes) is 3. The minimum Gasteiger partial charge on any atom is -0.311 e. The molecule has 0 radical (unpaired) electrons. The zero-order chi connectivity index (χ0) is 11.8. The average Bonchev–Trinajstić information content (AvgIpc) is 2.29. The van der Waals surface area contributed by atoms with Crippen molar-refractivity contribution < 1.29 is 0 Å². The molecule has 1 saturated heterocycles. The molecule has 1 heterocycles. The lowest BCUT2D eigenvalue weighted by Crippen LogP contribution is -2.55. The van der Waals surface area contributed by atoms with Crippen molar-refractivity contribution in [3.63, 3.8) is 0 Å². The monoisotopic (exact) mass is 226 g/mol. The Morgan fingerprint density at radius 1 is 1.12 bits per heavy atom. The van der Waals surface area contributed by atoms with E-state index in [1.165, 1.54) is 58.2 Å². The fraction of sp³-hybridized carbons (Fsp3) is 1.00. The summed E-state index contributed by atoms with van der Waals surface area (Å²) in [6.07, 6.45) is 8.17. The van der Waals surface area contributed by atoms with Crippen molar-refractivity contribution >= 4 is 0 Å². The maximum Gasteiger partial charge on any atom is 0.0195 e. The minimum absolute atomic E-state index is 0.731. The Hall–Kier alpha value is -0.0800. The third-order valence-electron chi connectivity index (χ3n) is 3.72. The van der Waals surface area contributed by atoms with E-state index >= 15 is 0 Å². The number of nitrogens with one attached hydrogen (secondary N) is 1. The third-order valence-corrected chi connectivity index (χ3v) is 3.72. The predicted molar refractivity (Wildman–Crippen MR) is 71.9 cm³/mol. The molecule has 2 nitrogen and oxygen atoms in total. The van der Waals surface area contributed by atoms with Crippen molar-refractivity contribution in [2.24, 2.45) is 0 Å². The Bertz CT molecular complexity index is 170. The molecular weight excluding hydrogens is 196 g/mol. The normalized spacial score (nSPS) is 27.2. The second-order valence-corrected chi connectivity index (χ2v) is 5.30. The number of rotatable bonds is 7. The molecule has 0 aromatic carbocycles. The van der Waals surface area contributed by atoms with Crippen LogP contribution in [0.1, 0.15) is 59.3 Å². The van der Waals surface area contributed by atoms with Gasteiger partial charge in [-0.15, -0.1) is 0 Å². The van der Waals surface area contributed by atoms with E-state index in [4.69, 9.17) is 0 Å². The molecule has 0 saturated carbocycles. The van der Waals surface area contributed by atoms with Crippen LogP contribution >= 0.6 is 0 Å². The number of piperazine rings is 1. The average molecular weight is 226 g/mol. The van der Waals surface area contributed by atoms with Crippen LogP contribution in [-0.2, 0) is 0 Å². The molecule has 0 aliphatic carbocycles. The standard InChI is InChI=1S/C14H30N2/c1-4-6-7-8-10-16-12-14(9-5-2)15-11-13(16)3/h13-15H,4-12H2,1-3H3. The van der Waals surface area contributed by atoms with E-state index in [-0.39, 0.29) is 0 Å². The van der Waals surface area contributed by atoms with Gasteiger partial charge in [0.25, 0.3) is 0 Å². The van der Waals surface area contributed by atoms with Crippen LogP contribution in [0.5, 0.6) is 0 Å². The first-order valence-corrected chi connectivity index (χ1v) is 7.25. The van der Waals surface area contributed by atoms with Gasteiger partial charge in [0.05, 0.1) is 0 Å². The first-order chi connectivity index (χ1) is 7.77. The van der Waals surface area contributed by atoms with E-state index < -0.39 is 0 Å². The molecular formula is C14H30N2. The quantitative estimate of drug-likeness (QED) is 0.671. The highest BCUT2D eigenvalue weighted by Crippen LogP contribution is 2.12. The molecule has 2 heteroatoms. The van der Waals surface area contributed by atoms with Gasteiger partial charge in [-0.05, 0) is 26.3 Å². The van der Waals surface area contributed by atoms with Gasteiger partial charge in [-0.25, -0.2) is 0 Å². The van der Waals surface area contributed by atoms with Crippen LogP contribution < -0.4 is 5.32 Å². The Morgan fingerprint density at radius 3 is 2.62 bits per heavy atom. The molecule has 2 atom stereocenters. The smallest absolute Gasteiger partial charge is 0.0195 e. The minimum atomic E-state index is 0.731. The molecule has 16 heavy (non-hydrogen) atoms. The highest BCUT2D eigenvalue weighted by atomic mass is 15.2. The molecule has 2 unspecified atom stereocenters. The summed E-state index contributed by atoms with van der Waals surface area (Å²) in [5.41, 5.74) is 0. The van der Waals surface area contributed by atoms with E-state index in [0.29, 0.717) is 0 Å². The molecule has 0 bridgehead atoms. The van der Waals surface area contributed by atoms with Gasteiger partial charge in [0.2, 0.25) is 0 Å². The molecule has 0 aromatic heterocycles. The molecule has 1 aliphatic heterocycles. The van der Waals surface area contributed by atoms with Crippen molar-refractivity contribution in [3.05, 3.63) is 0 Å². The van der Waals surface area contributed by atoms with Gasteiger partial charge < -0.3 is 5.32 Å². The van der Waals surface area contributed by atoms with E-state index in [1.54, 1.807) is 0 Å². The van der Waals surface area contributed by atoms with Crippen LogP contribution in [0, 0.1) is 0 Å². The SMILES string of the molecule is CCCCCCN1CC(CCC)NCC1C. The van der Waals surface area contributed by atoms with Crippen LogP contribution in [0.15, 0.2) is 0 Å². The largest absolute Gasteiger partial charge is 0.311 e. The van der Waals surface area contributed by atoms with Gasteiger partial charge in [-0.2, -0.15) is 0 Å². The number of hydrogen-bond acceptors (Lipinski definition) is 2. The molecule has 0 amide bonds. The van der Waals surface area contributed by atoms with Crippen molar-refractivity contribution in [1.29, 1.82) is 0 Å². The van der Waals surface area contributed by atoms with E-state index in [1.807, 2.05) is 0 Å². The van der Waals surface area contributed by atoms with E-state index in [2.05, 4.69) is 31.0 Å². The van der Waals surface area contributed by atoms with Crippen LogP contribution in [0.4, 0.5) is 0 Å². The molecule has 0 aromatic rings. The van der Waals surface area contributed by atoms with Crippen molar-refractivity contribution in [1.82, 2.24) is 10.2 Å². The summed E-state index contributed by atoms with van der Waals surface area (Å²) >= 11 is 0. The summed E-state index contributed by atoms with van der Waals surface area (Å²) < 4.78 is 0. The Balaban J connectivity index is 2.21. The number of nitrogens with zero attached hydrogens (tertiary/aromatic N) is 1. The molecule has 1 fully saturated rings. The summed E-state index contributed by atoms with van der Waals surface area (Å²) in [5, 5.41) is 3.66. The van der Waals surface area contributed by atoms with E-state index in [0.717, 1.165) is 12.1 Å². The van der Waals surface area contributed by atoms with Crippen LogP contribution in [0.3, 0.4) is 0 Å². The van der Waals surface area contributed by atoms with Crippen LogP contribution in [-0.4, -0.2) is 36.6 Å². The van der Waals surface area contributed by atoms with Crippen molar-refractivity contribution in [3.8, 4) is 0 Å². The lowest BCUT2D eigenvalue weighted by Gasteiger charge is -2.39. The Morgan fingerprint density at radius 2 is 1.94 bits per heavy atom. The second-order valence-electron chi connectivity index (χ2n) is 5.30. The summed E-state index contributed by atoms with van der Waals surface area (Å²) in [4.78, 5) is 2.69. The highest BCUT2D eigenvalue weighted by molar-refractivity contribution is 4.83. The van der Waals surface area contributed by atoms with Gasteiger partial charge in [0, 0.05) is 25.2 Å². The summed E-state index contributed by atoms with van der Waals surface area (Å²) in [5.74, 6) is 0. The van der Waals surface area contributed by atoms with Gasteiger partial charge in [0.1, 0.15) is 0 Å². The first-order valence-electron chi connectivity index (χ1n) is 7.25.